The highest BCUT2D eigenvalue weighted by molar-refractivity contribution is 7.90. The van der Waals surface area contributed by atoms with Crippen molar-refractivity contribution in [1.29, 1.82) is 0 Å². The molecule has 45 heavy (non-hydrogen) atoms. The number of pyridine rings is 2. The predicted octanol–water partition coefficient (Wildman–Crippen LogP) is 4.15. The molecule has 0 radical (unpaired) electrons. The van der Waals surface area contributed by atoms with Gasteiger partial charge in [0.05, 0.1) is 5.56 Å². The van der Waals surface area contributed by atoms with Crippen LogP contribution in [0.3, 0.4) is 0 Å². The second-order valence-corrected chi connectivity index (χ2v) is 15.0. The van der Waals surface area contributed by atoms with E-state index in [-0.39, 0.29) is 56.7 Å². The van der Waals surface area contributed by atoms with Gasteiger partial charge in [0.1, 0.15) is 17.6 Å². The number of ether oxygens (including phenoxy) is 1. The van der Waals surface area contributed by atoms with Gasteiger partial charge in [0.2, 0.25) is 5.88 Å². The largest absolute Gasteiger partial charge is 0.469 e. The topological polar surface area (TPSA) is 157 Å². The van der Waals surface area contributed by atoms with Crippen LogP contribution in [0.15, 0.2) is 47.6 Å². The summed E-state index contributed by atoms with van der Waals surface area (Å²) in [5.41, 5.74) is 0.285. The molecule has 1 amide bonds. The van der Waals surface area contributed by atoms with E-state index in [9.17, 15) is 18.0 Å². The molecule has 6 rings (SSSR count). The molecule has 2 atom stereocenters. The van der Waals surface area contributed by atoms with Crippen molar-refractivity contribution in [3.8, 4) is 11.7 Å². The number of Topliss-reactive ketones (excluding diaryl/α,β-unsaturated/α-hetero) is 1. The zero-order valence-electron chi connectivity index (χ0n) is 25.4. The van der Waals surface area contributed by atoms with Crippen LogP contribution in [-0.4, -0.2) is 65.1 Å². The first-order valence-corrected chi connectivity index (χ1v) is 17.2. The SMILES string of the molecule is CC1(C)C[C@H](CCCNc2cccc(S(=O)(=O)NC(=O)c3ccc(-n4ccc(OCC(=O)C5CCC56CC6)n4)nc3Cl)n2)CN1. The molecule has 3 aliphatic rings. The maximum absolute atomic E-state index is 13.0. The minimum Gasteiger partial charge on any atom is -0.469 e. The number of aromatic nitrogens is 4. The molecule has 4 heterocycles. The maximum Gasteiger partial charge on any atom is 0.281 e. The fourth-order valence-electron chi connectivity index (χ4n) is 6.43. The fraction of sp³-hybridized carbons (Fsp3) is 0.516. The van der Waals surface area contributed by atoms with E-state index in [2.05, 4.69) is 39.5 Å². The highest BCUT2D eigenvalue weighted by Gasteiger charge is 2.58. The molecule has 1 saturated heterocycles. The van der Waals surface area contributed by atoms with Gasteiger partial charge in [-0.1, -0.05) is 17.7 Å². The second-order valence-electron chi connectivity index (χ2n) is 13.0. The minimum atomic E-state index is -4.29. The van der Waals surface area contributed by atoms with E-state index in [0.29, 0.717) is 18.3 Å². The number of halogens is 1. The Labute approximate surface area is 267 Å². The lowest BCUT2D eigenvalue weighted by Gasteiger charge is -2.35. The summed E-state index contributed by atoms with van der Waals surface area (Å²) in [6, 6.07) is 9.01. The smallest absolute Gasteiger partial charge is 0.281 e. The minimum absolute atomic E-state index is 0.0318. The van der Waals surface area contributed by atoms with Gasteiger partial charge in [-0.2, -0.15) is 8.42 Å². The number of hydrogen-bond donors (Lipinski definition) is 3. The Morgan fingerprint density at radius 2 is 1.96 bits per heavy atom. The van der Waals surface area contributed by atoms with Gasteiger partial charge in [0, 0.05) is 30.3 Å². The summed E-state index contributed by atoms with van der Waals surface area (Å²) >= 11 is 6.29. The fourth-order valence-corrected chi connectivity index (χ4v) is 7.60. The summed E-state index contributed by atoms with van der Waals surface area (Å²) in [4.78, 5) is 33.8. The lowest BCUT2D eigenvalue weighted by Crippen LogP contribution is -2.37. The molecule has 3 fully saturated rings. The Kier molecular flexibility index (Phi) is 8.61. The van der Waals surface area contributed by atoms with Crippen molar-refractivity contribution < 1.29 is 22.7 Å². The Morgan fingerprint density at radius 3 is 2.64 bits per heavy atom. The van der Waals surface area contributed by atoms with E-state index in [1.165, 1.54) is 22.9 Å². The molecule has 14 heteroatoms. The van der Waals surface area contributed by atoms with Crippen LogP contribution in [0, 0.1) is 17.3 Å². The highest BCUT2D eigenvalue weighted by Crippen LogP contribution is 2.64. The standard InChI is InChI=1S/C31H38ClN7O5S/c1-30(2)17-20(18-34-30)5-4-15-33-24-6-3-7-27(35-24)45(42,43)38-29(41)21-8-9-25(36-28(21)32)39-16-11-26(37-39)44-19-23(40)22-10-12-31(22)13-14-31/h3,6-9,11,16,20,22,34H,4-5,10,12-15,17-19H2,1-2H3,(H,33,35)(H,38,41)/t20-,22?/m0/s1. The van der Waals surface area contributed by atoms with Crippen molar-refractivity contribution in [2.24, 2.45) is 17.3 Å². The Balaban J connectivity index is 1.02. The summed E-state index contributed by atoms with van der Waals surface area (Å²) in [7, 11) is -4.29. The number of nitrogens with one attached hydrogen (secondary N) is 3. The van der Waals surface area contributed by atoms with Crippen molar-refractivity contribution in [1.82, 2.24) is 29.8 Å². The summed E-state index contributed by atoms with van der Waals surface area (Å²) < 4.78 is 35.0. The third-order valence-corrected chi connectivity index (χ3v) is 10.7. The number of hydrogen-bond acceptors (Lipinski definition) is 10. The molecule has 1 aliphatic heterocycles. The number of carbonyl (C=O) groups is 2. The Hall–Kier alpha value is -3.55. The number of rotatable bonds is 13. The monoisotopic (exact) mass is 655 g/mol. The molecule has 240 valence electrons. The average Bonchev–Trinajstić information content (AvgIpc) is 3.57. The predicted molar refractivity (Wildman–Crippen MR) is 168 cm³/mol. The summed E-state index contributed by atoms with van der Waals surface area (Å²) in [5.74, 6) is 0.825. The first kappa shape index (κ1) is 31.4. The number of carbonyl (C=O) groups excluding carboxylic acids is 2. The molecule has 1 spiro atoms. The quantitative estimate of drug-likeness (QED) is 0.180. The number of anilines is 1. The van der Waals surface area contributed by atoms with Gasteiger partial charge >= 0.3 is 0 Å². The molecule has 3 aromatic rings. The normalized spacial score (nSPS) is 21.2. The van der Waals surface area contributed by atoms with Crippen LogP contribution < -0.4 is 20.1 Å². The maximum atomic E-state index is 13.0. The van der Waals surface area contributed by atoms with E-state index in [1.807, 2.05) is 4.72 Å². The molecular weight excluding hydrogens is 618 g/mol. The number of ketones is 1. The zero-order chi connectivity index (χ0) is 31.8. The van der Waals surface area contributed by atoms with Crippen molar-refractivity contribution in [3.05, 3.63) is 53.3 Å². The van der Waals surface area contributed by atoms with Crippen molar-refractivity contribution in [2.45, 2.75) is 69.4 Å². The lowest BCUT2D eigenvalue weighted by molar-refractivity contribution is -0.131. The lowest BCUT2D eigenvalue weighted by atomic mass is 9.68. The Bertz CT molecular complexity index is 1710. The summed E-state index contributed by atoms with van der Waals surface area (Å²) in [6.07, 6.45) is 9.02. The first-order valence-electron chi connectivity index (χ1n) is 15.3. The molecule has 0 bridgehead atoms. The molecular formula is C31H38ClN7O5S. The van der Waals surface area contributed by atoms with Crippen LogP contribution in [0.25, 0.3) is 5.82 Å². The molecule has 2 saturated carbocycles. The van der Waals surface area contributed by atoms with Crippen LogP contribution in [0.5, 0.6) is 5.88 Å². The zero-order valence-corrected chi connectivity index (χ0v) is 27.0. The van der Waals surface area contributed by atoms with Crippen LogP contribution in [0.1, 0.15) is 69.2 Å². The van der Waals surface area contributed by atoms with Gasteiger partial charge in [-0.3, -0.25) is 9.59 Å². The van der Waals surface area contributed by atoms with Gasteiger partial charge in [-0.05, 0) is 101 Å². The van der Waals surface area contributed by atoms with Crippen molar-refractivity contribution in [2.75, 3.05) is 25.0 Å². The molecule has 1 unspecified atom stereocenters. The highest BCUT2D eigenvalue weighted by atomic mass is 35.5. The van der Waals surface area contributed by atoms with Crippen LogP contribution in [0.4, 0.5) is 5.82 Å². The molecule has 3 N–H and O–H groups in total. The van der Waals surface area contributed by atoms with Gasteiger partial charge in [0.15, 0.2) is 16.6 Å². The van der Waals surface area contributed by atoms with Gasteiger partial charge in [-0.15, -0.1) is 5.10 Å². The number of amides is 1. The molecule has 0 aromatic carbocycles. The summed E-state index contributed by atoms with van der Waals surface area (Å²) in [5, 5.41) is 10.5. The van der Waals surface area contributed by atoms with E-state index in [4.69, 9.17) is 16.3 Å². The van der Waals surface area contributed by atoms with Gasteiger partial charge in [0.25, 0.3) is 15.9 Å². The first-order chi connectivity index (χ1) is 21.4. The second kappa shape index (κ2) is 12.3. The third-order valence-electron chi connectivity index (χ3n) is 9.18. The Morgan fingerprint density at radius 1 is 1.13 bits per heavy atom. The van der Waals surface area contributed by atoms with Gasteiger partial charge < -0.3 is 15.4 Å². The van der Waals surface area contributed by atoms with Crippen molar-refractivity contribution >= 4 is 39.1 Å². The molecule has 3 aromatic heterocycles. The average molecular weight is 656 g/mol. The van der Waals surface area contributed by atoms with E-state index in [0.717, 1.165) is 51.5 Å². The number of sulfonamides is 1. The van der Waals surface area contributed by atoms with E-state index >= 15 is 0 Å². The molecule has 12 nitrogen and oxygen atoms in total. The summed E-state index contributed by atoms with van der Waals surface area (Å²) in [6.45, 7) is 6.03. The van der Waals surface area contributed by atoms with Crippen LogP contribution in [0.2, 0.25) is 5.15 Å². The van der Waals surface area contributed by atoms with Gasteiger partial charge in [-0.25, -0.2) is 19.4 Å². The van der Waals surface area contributed by atoms with E-state index < -0.39 is 15.9 Å². The van der Waals surface area contributed by atoms with Crippen LogP contribution >= 0.6 is 11.6 Å². The van der Waals surface area contributed by atoms with Crippen LogP contribution in [-0.2, 0) is 14.8 Å². The van der Waals surface area contributed by atoms with Crippen molar-refractivity contribution in [3.63, 3.8) is 0 Å². The molecule has 2 aliphatic carbocycles. The number of nitrogens with zero attached hydrogens (tertiary/aromatic N) is 4. The third kappa shape index (κ3) is 7.15. The van der Waals surface area contributed by atoms with E-state index in [1.54, 1.807) is 24.4 Å².